The van der Waals surface area contributed by atoms with E-state index in [1.165, 1.54) is 32.1 Å². The molecule has 0 N–H and O–H groups in total. The van der Waals surface area contributed by atoms with Crippen LogP contribution in [0.15, 0.2) is 110 Å². The molecule has 0 spiro atoms. The molecule has 7 aromatic rings. The lowest BCUT2D eigenvalue weighted by atomic mass is 10.1. The van der Waals surface area contributed by atoms with Gasteiger partial charge >= 0.3 is 6.01 Å². The standard InChI is InChI=1S/C22H25N5O2.C20H22N4O.C4H4N2/c1-2-8-19-18(7-1)21(27-12-14-28-15-13-27)25-22(24-19)29-16-17-6-5-9-20(23-17)26-10-3-4-11-26;1-15-20(23-18-10-4-3-9-17(18)21-15)25-14-16-8-7-11-19(22-16)24-12-5-2-6-13-24;1-2-6-4-3-5-1/h1-2,5-9H,3-4,10-16H2;3-4,7-11H,2,5-6,12-14H2,1H3;1-4H. The predicted octanol–water partition coefficient (Wildman–Crippen LogP) is 7.42. The van der Waals surface area contributed by atoms with Crippen LogP contribution < -0.4 is 24.2 Å². The van der Waals surface area contributed by atoms with Crippen LogP contribution in [0.1, 0.15) is 49.2 Å². The zero-order chi connectivity index (χ0) is 40.8. The number of rotatable bonds is 9. The Morgan fingerprint density at radius 1 is 0.500 bits per heavy atom. The lowest BCUT2D eigenvalue weighted by Gasteiger charge is -2.28. The van der Waals surface area contributed by atoms with E-state index in [-0.39, 0.29) is 0 Å². The zero-order valence-electron chi connectivity index (χ0n) is 34.1. The lowest BCUT2D eigenvalue weighted by Crippen LogP contribution is -2.37. The Bertz CT molecular complexity index is 2400. The first-order valence-corrected chi connectivity index (χ1v) is 20.9. The van der Waals surface area contributed by atoms with E-state index in [1.807, 2.05) is 67.6 Å². The molecule has 60 heavy (non-hydrogen) atoms. The maximum absolute atomic E-state index is 5.99. The van der Waals surface area contributed by atoms with E-state index in [1.54, 1.807) is 24.8 Å². The molecular formula is C46H51N11O3. The fourth-order valence-corrected chi connectivity index (χ4v) is 7.38. The van der Waals surface area contributed by atoms with Crippen molar-refractivity contribution in [2.45, 2.75) is 52.2 Å². The molecule has 14 heteroatoms. The van der Waals surface area contributed by atoms with Crippen molar-refractivity contribution in [2.75, 3.05) is 67.2 Å². The maximum atomic E-state index is 5.99. The van der Waals surface area contributed by atoms with E-state index in [2.05, 4.69) is 63.9 Å². The molecule has 0 atom stereocenters. The molecule has 308 valence electrons. The van der Waals surface area contributed by atoms with Gasteiger partial charge in [-0.15, -0.1) is 0 Å². The Morgan fingerprint density at radius 2 is 1.05 bits per heavy atom. The molecule has 3 saturated heterocycles. The van der Waals surface area contributed by atoms with Crippen molar-refractivity contribution < 1.29 is 14.2 Å². The third-order valence-corrected chi connectivity index (χ3v) is 10.5. The number of benzene rings is 2. The molecule has 8 heterocycles. The summed E-state index contributed by atoms with van der Waals surface area (Å²) in [6.07, 6.45) is 12.8. The van der Waals surface area contributed by atoms with Crippen molar-refractivity contribution in [1.82, 2.24) is 39.9 Å². The minimum atomic E-state index is 0.350. The highest BCUT2D eigenvalue weighted by Gasteiger charge is 2.19. The topological polar surface area (TPSA) is 141 Å². The van der Waals surface area contributed by atoms with Gasteiger partial charge in [-0.1, -0.05) is 36.4 Å². The highest BCUT2D eigenvalue weighted by atomic mass is 16.5. The number of ether oxygens (including phenoxy) is 3. The average molecular weight is 806 g/mol. The molecule has 10 rings (SSSR count). The smallest absolute Gasteiger partial charge is 0.319 e. The second-order valence-electron chi connectivity index (χ2n) is 14.7. The fraction of sp³-hybridized carbons (Fsp3) is 0.348. The third-order valence-electron chi connectivity index (χ3n) is 10.5. The van der Waals surface area contributed by atoms with Gasteiger partial charge in [0.25, 0.3) is 0 Å². The van der Waals surface area contributed by atoms with Crippen LogP contribution in [0.2, 0.25) is 0 Å². The van der Waals surface area contributed by atoms with Crippen LogP contribution in [0, 0.1) is 6.92 Å². The van der Waals surface area contributed by atoms with Gasteiger partial charge in [-0.3, -0.25) is 9.97 Å². The second-order valence-corrected chi connectivity index (χ2v) is 14.7. The van der Waals surface area contributed by atoms with Gasteiger partial charge in [0.15, 0.2) is 0 Å². The number of morpholine rings is 1. The summed E-state index contributed by atoms with van der Waals surface area (Å²) in [5.74, 6) is 3.55. The number of piperidine rings is 1. The monoisotopic (exact) mass is 805 g/mol. The Hall–Kier alpha value is -6.54. The van der Waals surface area contributed by atoms with Crippen LogP contribution in [-0.2, 0) is 18.0 Å². The molecule has 0 saturated carbocycles. The summed E-state index contributed by atoms with van der Waals surface area (Å²) in [6, 6.07) is 28.5. The molecule has 14 nitrogen and oxygen atoms in total. The highest BCUT2D eigenvalue weighted by molar-refractivity contribution is 5.89. The first-order chi connectivity index (χ1) is 29.7. The molecular weight excluding hydrogens is 755 g/mol. The van der Waals surface area contributed by atoms with Crippen molar-refractivity contribution in [1.29, 1.82) is 0 Å². The van der Waals surface area contributed by atoms with Gasteiger partial charge < -0.3 is 28.9 Å². The minimum Gasteiger partial charge on any atom is -0.470 e. The van der Waals surface area contributed by atoms with E-state index in [4.69, 9.17) is 29.2 Å². The summed E-state index contributed by atoms with van der Waals surface area (Å²) < 4.78 is 17.4. The van der Waals surface area contributed by atoms with Crippen molar-refractivity contribution in [3.63, 3.8) is 0 Å². The Labute approximate surface area is 350 Å². The molecule has 0 unspecified atom stereocenters. The third kappa shape index (κ3) is 10.7. The molecule has 3 fully saturated rings. The van der Waals surface area contributed by atoms with Crippen molar-refractivity contribution in [3.05, 3.63) is 127 Å². The van der Waals surface area contributed by atoms with Gasteiger partial charge in [0.05, 0.1) is 41.2 Å². The van der Waals surface area contributed by atoms with E-state index in [9.17, 15) is 0 Å². The van der Waals surface area contributed by atoms with E-state index >= 15 is 0 Å². The molecule has 0 amide bonds. The maximum Gasteiger partial charge on any atom is 0.319 e. The number of nitrogens with zero attached hydrogens (tertiary/aromatic N) is 11. The molecule has 3 aliphatic heterocycles. The first kappa shape index (κ1) is 40.2. The fourth-order valence-electron chi connectivity index (χ4n) is 7.38. The normalized spacial score (nSPS) is 15.2. The van der Waals surface area contributed by atoms with Crippen LogP contribution in [0.25, 0.3) is 21.9 Å². The molecule has 5 aromatic heterocycles. The van der Waals surface area contributed by atoms with Crippen molar-refractivity contribution in [2.24, 2.45) is 0 Å². The number of aromatic nitrogens is 8. The first-order valence-electron chi connectivity index (χ1n) is 20.9. The summed E-state index contributed by atoms with van der Waals surface area (Å²) in [7, 11) is 0. The van der Waals surface area contributed by atoms with Crippen LogP contribution >= 0.6 is 0 Å². The molecule has 0 aliphatic carbocycles. The SMILES string of the molecule is Cc1nc2ccccc2nc1OCc1cccc(N2CCCCC2)n1.c1cc(COc2nc(N3CCOCC3)c3ccccc3n2)nc(N2CCCC2)c1.c1cnccn1. The van der Waals surface area contributed by atoms with Gasteiger partial charge in [-0.05, 0) is 87.6 Å². The number of fused-ring (bicyclic) bond motifs is 2. The highest BCUT2D eigenvalue weighted by Crippen LogP contribution is 2.28. The minimum absolute atomic E-state index is 0.350. The van der Waals surface area contributed by atoms with Crippen LogP contribution in [0.5, 0.6) is 11.9 Å². The predicted molar refractivity (Wildman–Crippen MR) is 234 cm³/mol. The van der Waals surface area contributed by atoms with Gasteiger partial charge in [0.1, 0.15) is 36.4 Å². The van der Waals surface area contributed by atoms with Crippen LogP contribution in [0.4, 0.5) is 17.5 Å². The molecule has 2 aromatic carbocycles. The lowest BCUT2D eigenvalue weighted by molar-refractivity contribution is 0.122. The van der Waals surface area contributed by atoms with Gasteiger partial charge in [0, 0.05) is 69.4 Å². The Morgan fingerprint density at radius 3 is 1.67 bits per heavy atom. The summed E-state index contributed by atoms with van der Waals surface area (Å²) >= 11 is 0. The van der Waals surface area contributed by atoms with Gasteiger partial charge in [-0.2, -0.15) is 9.97 Å². The largest absolute Gasteiger partial charge is 0.470 e. The average Bonchev–Trinajstić information content (AvgIpc) is 3.88. The molecule has 0 bridgehead atoms. The summed E-state index contributed by atoms with van der Waals surface area (Å²) in [6.45, 7) is 10.1. The van der Waals surface area contributed by atoms with E-state index < -0.39 is 0 Å². The molecule has 3 aliphatic rings. The number of anilines is 3. The van der Waals surface area contributed by atoms with Crippen LogP contribution in [-0.4, -0.2) is 92.4 Å². The summed E-state index contributed by atoms with van der Waals surface area (Å²) in [5.41, 5.74) is 5.22. The number of pyridine rings is 2. The zero-order valence-corrected chi connectivity index (χ0v) is 34.1. The quantitative estimate of drug-likeness (QED) is 0.143. The van der Waals surface area contributed by atoms with Crippen molar-refractivity contribution in [3.8, 4) is 11.9 Å². The summed E-state index contributed by atoms with van der Waals surface area (Å²) in [4.78, 5) is 42.4. The van der Waals surface area contributed by atoms with E-state index in [0.29, 0.717) is 38.3 Å². The number of hydrogen-bond donors (Lipinski definition) is 0. The summed E-state index contributed by atoms with van der Waals surface area (Å²) in [5, 5.41) is 1.04. The van der Waals surface area contributed by atoms with Gasteiger partial charge in [0.2, 0.25) is 5.88 Å². The number of hydrogen-bond acceptors (Lipinski definition) is 14. The second kappa shape index (κ2) is 20.4. The number of para-hydroxylation sites is 3. The molecule has 0 radical (unpaired) electrons. The van der Waals surface area contributed by atoms with Crippen LogP contribution in [0.3, 0.4) is 0 Å². The number of aryl methyl sites for hydroxylation is 1. The van der Waals surface area contributed by atoms with Gasteiger partial charge in [-0.25, -0.2) is 19.9 Å². The Kier molecular flexibility index (Phi) is 13.7. The Balaban J connectivity index is 0.000000147. The van der Waals surface area contributed by atoms with Crippen molar-refractivity contribution >= 4 is 39.4 Å². The van der Waals surface area contributed by atoms with E-state index in [0.717, 1.165) is 95.7 Å².